The molecule has 0 saturated carbocycles. The Kier molecular flexibility index (Phi) is 4.07. The molecule has 0 aliphatic carbocycles. The van der Waals surface area contributed by atoms with Crippen LogP contribution in [0.3, 0.4) is 0 Å². The van der Waals surface area contributed by atoms with E-state index in [9.17, 15) is 35.1 Å². The highest BCUT2D eigenvalue weighted by atomic mass is 19.4. The Bertz CT molecular complexity index is 543. The van der Waals surface area contributed by atoms with E-state index in [0.717, 1.165) is 6.07 Å². The fraction of sp³-hybridized carbons (Fsp3) is 0.333. The van der Waals surface area contributed by atoms with Gasteiger partial charge in [0.25, 0.3) is 6.43 Å². The van der Waals surface area contributed by atoms with Crippen LogP contribution in [0, 0.1) is 11.3 Å². The van der Waals surface area contributed by atoms with E-state index in [1.165, 1.54) is 0 Å². The maximum atomic E-state index is 12.6. The summed E-state index contributed by atoms with van der Waals surface area (Å²) in [5, 5.41) is 8.49. The second-order valence-corrected chi connectivity index (χ2v) is 3.22. The van der Waals surface area contributed by atoms with Gasteiger partial charge in [0.1, 0.15) is 6.07 Å². The van der Waals surface area contributed by atoms with Crippen LogP contribution in [0.5, 0.6) is 5.88 Å². The van der Waals surface area contributed by atoms with Crippen LogP contribution in [0.1, 0.15) is 23.1 Å². The highest BCUT2D eigenvalue weighted by molar-refractivity contribution is 5.49. The number of hydrogen-bond acceptors (Lipinski definition) is 3. The Hall–Kier alpha value is -2.12. The second kappa shape index (κ2) is 5.10. The summed E-state index contributed by atoms with van der Waals surface area (Å²) in [6.45, 7) is 0. The molecule has 1 aromatic rings. The van der Waals surface area contributed by atoms with Gasteiger partial charge in [0.05, 0.1) is 16.7 Å². The molecule has 0 aromatic carbocycles. The number of pyridine rings is 1. The van der Waals surface area contributed by atoms with Crippen molar-refractivity contribution in [1.29, 1.82) is 5.26 Å². The lowest BCUT2D eigenvalue weighted by molar-refractivity contribution is -0.276. The summed E-state index contributed by atoms with van der Waals surface area (Å²) in [5.74, 6) is -1.79. The molecule has 1 aromatic heterocycles. The summed E-state index contributed by atoms with van der Waals surface area (Å²) in [4.78, 5) is 2.57. The quantitative estimate of drug-likeness (QED) is 0.781. The van der Waals surface area contributed by atoms with E-state index >= 15 is 0 Å². The van der Waals surface area contributed by atoms with Gasteiger partial charge in [0.2, 0.25) is 5.88 Å². The van der Waals surface area contributed by atoms with Gasteiger partial charge in [-0.05, 0) is 0 Å². The van der Waals surface area contributed by atoms with Crippen LogP contribution in [0.15, 0.2) is 6.20 Å². The molecule has 0 saturated heterocycles. The molecule has 0 unspecified atom stereocenters. The van der Waals surface area contributed by atoms with Gasteiger partial charge in [0, 0.05) is 6.20 Å². The Morgan fingerprint density at radius 2 is 1.70 bits per heavy atom. The van der Waals surface area contributed by atoms with Crippen molar-refractivity contribution in [1.82, 2.24) is 4.98 Å². The fourth-order valence-corrected chi connectivity index (χ4v) is 1.24. The molecule has 0 atom stereocenters. The zero-order valence-electron chi connectivity index (χ0n) is 8.98. The summed E-state index contributed by atoms with van der Waals surface area (Å²) in [6.07, 6.45) is -14.6. The van der Waals surface area contributed by atoms with E-state index < -0.39 is 41.5 Å². The van der Waals surface area contributed by atoms with E-state index in [4.69, 9.17) is 5.26 Å². The standard InChI is InChI=1S/C9H2F8N2O/c10-6(11)5-3(1-18)4(8(12,13)14)2-19-7(5)20-9(15,16)17/h2,6H. The highest BCUT2D eigenvalue weighted by Crippen LogP contribution is 2.40. The third kappa shape index (κ3) is 3.46. The lowest BCUT2D eigenvalue weighted by atomic mass is 10.0. The topological polar surface area (TPSA) is 45.9 Å². The van der Waals surface area contributed by atoms with Crippen LogP contribution in [0.25, 0.3) is 0 Å². The van der Waals surface area contributed by atoms with Gasteiger partial charge in [-0.15, -0.1) is 13.2 Å². The minimum absolute atomic E-state index is 0.175. The van der Waals surface area contributed by atoms with Gasteiger partial charge in [0.15, 0.2) is 0 Å². The molecule has 11 heteroatoms. The van der Waals surface area contributed by atoms with Gasteiger partial charge in [-0.2, -0.15) is 18.4 Å². The van der Waals surface area contributed by atoms with Gasteiger partial charge < -0.3 is 4.74 Å². The average molecular weight is 306 g/mol. The van der Waals surface area contributed by atoms with Gasteiger partial charge >= 0.3 is 12.5 Å². The summed E-state index contributed by atoms with van der Waals surface area (Å²) in [6, 6.07) is 0.791. The molecule has 0 amide bonds. The predicted molar refractivity (Wildman–Crippen MR) is 45.6 cm³/mol. The van der Waals surface area contributed by atoms with Crippen LogP contribution in [-0.2, 0) is 6.18 Å². The molecule has 0 bridgehead atoms. The molecule has 0 aliphatic heterocycles. The number of rotatable bonds is 2. The fourth-order valence-electron chi connectivity index (χ4n) is 1.24. The number of hydrogen-bond donors (Lipinski definition) is 0. The normalized spacial score (nSPS) is 12.4. The van der Waals surface area contributed by atoms with Crippen LogP contribution in [-0.4, -0.2) is 11.3 Å². The minimum atomic E-state index is -5.44. The lowest BCUT2D eigenvalue weighted by Gasteiger charge is -2.16. The van der Waals surface area contributed by atoms with E-state index in [-0.39, 0.29) is 6.20 Å². The van der Waals surface area contributed by atoms with Crippen LogP contribution in [0.2, 0.25) is 0 Å². The number of nitriles is 1. The van der Waals surface area contributed by atoms with E-state index in [1.54, 1.807) is 0 Å². The second-order valence-electron chi connectivity index (χ2n) is 3.22. The zero-order chi connectivity index (χ0) is 15.7. The summed E-state index contributed by atoms with van der Waals surface area (Å²) < 4.78 is 101. The Morgan fingerprint density at radius 1 is 1.15 bits per heavy atom. The first-order valence-electron chi connectivity index (χ1n) is 4.51. The SMILES string of the molecule is N#Cc1c(C(F)(F)F)cnc(OC(F)(F)F)c1C(F)F. The van der Waals surface area contributed by atoms with Crippen molar-refractivity contribution in [2.24, 2.45) is 0 Å². The molecule has 3 nitrogen and oxygen atoms in total. The van der Waals surface area contributed by atoms with Crippen molar-refractivity contribution in [3.8, 4) is 11.9 Å². The lowest BCUT2D eigenvalue weighted by Crippen LogP contribution is -2.21. The number of aromatic nitrogens is 1. The summed E-state index contributed by atoms with van der Waals surface area (Å²) >= 11 is 0. The van der Waals surface area contributed by atoms with Crippen LogP contribution < -0.4 is 4.74 Å². The van der Waals surface area contributed by atoms with Gasteiger partial charge in [-0.1, -0.05) is 0 Å². The van der Waals surface area contributed by atoms with Crippen LogP contribution >= 0.6 is 0 Å². The monoisotopic (exact) mass is 306 g/mol. The highest BCUT2D eigenvalue weighted by Gasteiger charge is 2.40. The largest absolute Gasteiger partial charge is 0.574 e. The Morgan fingerprint density at radius 3 is 2.05 bits per heavy atom. The maximum Gasteiger partial charge on any atom is 0.574 e. The molecule has 0 fully saturated rings. The van der Waals surface area contributed by atoms with Gasteiger partial charge in [-0.3, -0.25) is 0 Å². The smallest absolute Gasteiger partial charge is 0.387 e. The Balaban J connectivity index is 3.56. The summed E-state index contributed by atoms with van der Waals surface area (Å²) in [7, 11) is 0. The number of alkyl halides is 8. The first-order valence-corrected chi connectivity index (χ1v) is 4.51. The molecule has 0 spiro atoms. The van der Waals surface area contributed by atoms with Crippen molar-refractivity contribution >= 4 is 0 Å². The van der Waals surface area contributed by atoms with Crippen molar-refractivity contribution < 1.29 is 39.9 Å². The number of ether oxygens (including phenoxy) is 1. The minimum Gasteiger partial charge on any atom is -0.387 e. The molecular formula is C9H2F8N2O. The molecule has 0 radical (unpaired) electrons. The van der Waals surface area contributed by atoms with Crippen molar-refractivity contribution in [2.45, 2.75) is 19.0 Å². The zero-order valence-corrected chi connectivity index (χ0v) is 8.98. The molecule has 1 heterocycles. The third-order valence-corrected chi connectivity index (χ3v) is 1.93. The molecule has 110 valence electrons. The van der Waals surface area contributed by atoms with Crippen molar-refractivity contribution in [2.75, 3.05) is 0 Å². The summed E-state index contributed by atoms with van der Waals surface area (Å²) in [5.41, 5.74) is -5.40. The first kappa shape index (κ1) is 15.9. The first-order chi connectivity index (χ1) is 8.97. The molecular weight excluding hydrogens is 304 g/mol. The maximum absolute atomic E-state index is 12.6. The van der Waals surface area contributed by atoms with E-state index in [1.807, 2.05) is 0 Å². The van der Waals surface area contributed by atoms with Crippen molar-refractivity contribution in [3.63, 3.8) is 0 Å². The molecule has 0 aliphatic rings. The Labute approximate surface area is 105 Å². The number of nitrogens with zero attached hydrogens (tertiary/aromatic N) is 2. The van der Waals surface area contributed by atoms with Crippen molar-refractivity contribution in [3.05, 3.63) is 22.9 Å². The van der Waals surface area contributed by atoms with E-state index in [2.05, 4.69) is 9.72 Å². The van der Waals surface area contributed by atoms with E-state index in [0.29, 0.717) is 0 Å². The average Bonchev–Trinajstić information content (AvgIpc) is 2.23. The molecule has 20 heavy (non-hydrogen) atoms. The van der Waals surface area contributed by atoms with Gasteiger partial charge in [-0.25, -0.2) is 13.8 Å². The molecule has 0 N–H and O–H groups in total. The third-order valence-electron chi connectivity index (χ3n) is 1.93. The number of halogens is 8. The molecule has 1 rings (SSSR count). The predicted octanol–water partition coefficient (Wildman–Crippen LogP) is 3.81. The van der Waals surface area contributed by atoms with Crippen LogP contribution in [0.4, 0.5) is 35.1 Å².